The molecule has 0 bridgehead atoms. The lowest BCUT2D eigenvalue weighted by molar-refractivity contribution is -0.00311. The Morgan fingerprint density at radius 2 is 2.29 bits per heavy atom. The number of hydrogen-bond donors (Lipinski definition) is 1. The van der Waals surface area contributed by atoms with Gasteiger partial charge in [-0.3, -0.25) is 4.79 Å². The summed E-state index contributed by atoms with van der Waals surface area (Å²) in [4.78, 5) is 14.5. The van der Waals surface area contributed by atoms with Gasteiger partial charge in [-0.1, -0.05) is 12.1 Å². The molecule has 0 aromatic carbocycles. The Kier molecular flexibility index (Phi) is 4.50. The van der Waals surface area contributed by atoms with Gasteiger partial charge >= 0.3 is 0 Å². The topological polar surface area (TPSA) is 72.3 Å². The van der Waals surface area contributed by atoms with Crippen LogP contribution in [0.15, 0.2) is 6.20 Å². The van der Waals surface area contributed by atoms with E-state index in [0.29, 0.717) is 31.5 Å². The van der Waals surface area contributed by atoms with Gasteiger partial charge in [0, 0.05) is 6.54 Å². The van der Waals surface area contributed by atoms with Crippen LogP contribution >= 0.6 is 0 Å². The molecule has 7 nitrogen and oxygen atoms in total. The second kappa shape index (κ2) is 6.53. The molecule has 0 aliphatic carbocycles. The van der Waals surface area contributed by atoms with Crippen LogP contribution in [0.5, 0.6) is 0 Å². The highest BCUT2D eigenvalue weighted by molar-refractivity contribution is 5.92. The van der Waals surface area contributed by atoms with Crippen LogP contribution in [0.2, 0.25) is 0 Å². The number of hydrogen-bond acceptors (Lipinski definition) is 5. The summed E-state index contributed by atoms with van der Waals surface area (Å²) in [5.74, 6) is -0.0228. The average Bonchev–Trinajstić information content (AvgIpc) is 3.05. The molecule has 1 aromatic heterocycles. The van der Waals surface area contributed by atoms with E-state index in [-0.39, 0.29) is 11.9 Å². The maximum Gasteiger partial charge on any atom is 0.276 e. The normalized spacial score (nSPS) is 24.2. The number of rotatable bonds is 3. The van der Waals surface area contributed by atoms with E-state index < -0.39 is 0 Å². The number of piperidine rings is 1. The van der Waals surface area contributed by atoms with Gasteiger partial charge in [0.25, 0.3) is 5.91 Å². The Bertz CT molecular complexity index is 483. The molecule has 0 spiro atoms. The number of nitrogens with one attached hydrogen (secondary N) is 1. The highest BCUT2D eigenvalue weighted by atomic mass is 16.5. The zero-order chi connectivity index (χ0) is 14.7. The molecule has 1 aromatic rings. The number of amides is 1. The molecule has 0 saturated carbocycles. The van der Waals surface area contributed by atoms with E-state index in [0.717, 1.165) is 32.4 Å². The van der Waals surface area contributed by atoms with E-state index in [2.05, 4.69) is 22.6 Å². The minimum Gasteiger partial charge on any atom is -0.377 e. The van der Waals surface area contributed by atoms with Gasteiger partial charge in [0.15, 0.2) is 5.69 Å². The second-order valence-corrected chi connectivity index (χ2v) is 5.70. The molecule has 0 radical (unpaired) electrons. The summed E-state index contributed by atoms with van der Waals surface area (Å²) in [5.41, 5.74) is 0.453. The molecule has 1 amide bonds. The lowest BCUT2D eigenvalue weighted by Crippen LogP contribution is -2.48. The highest BCUT2D eigenvalue weighted by Gasteiger charge is 2.29. The monoisotopic (exact) mass is 293 g/mol. The highest BCUT2D eigenvalue weighted by Crippen LogP contribution is 2.18. The second-order valence-electron chi connectivity index (χ2n) is 5.70. The van der Waals surface area contributed by atoms with Crippen molar-refractivity contribution in [2.45, 2.75) is 38.3 Å². The first-order valence-electron chi connectivity index (χ1n) is 7.81. The molecule has 2 aliphatic rings. The average molecular weight is 293 g/mol. The van der Waals surface area contributed by atoms with E-state index in [9.17, 15) is 4.79 Å². The van der Waals surface area contributed by atoms with Crippen molar-refractivity contribution in [3.05, 3.63) is 11.9 Å². The molecule has 21 heavy (non-hydrogen) atoms. The Labute approximate surface area is 124 Å². The molecule has 1 unspecified atom stereocenters. The van der Waals surface area contributed by atoms with E-state index in [4.69, 9.17) is 4.74 Å². The zero-order valence-corrected chi connectivity index (χ0v) is 12.5. The van der Waals surface area contributed by atoms with Crippen LogP contribution in [0.3, 0.4) is 0 Å². The quantitative estimate of drug-likeness (QED) is 0.876. The SMILES string of the molecule is CCC1COCCN1C(=O)c1cn(C2CCNCC2)nn1. The Balaban J connectivity index is 1.71. The van der Waals surface area contributed by atoms with Gasteiger partial charge in [-0.15, -0.1) is 5.10 Å². The van der Waals surface area contributed by atoms with Gasteiger partial charge < -0.3 is 15.0 Å². The number of aromatic nitrogens is 3. The lowest BCUT2D eigenvalue weighted by Gasteiger charge is -2.34. The molecule has 116 valence electrons. The molecule has 2 fully saturated rings. The molecule has 1 atom stereocenters. The van der Waals surface area contributed by atoms with Crippen molar-refractivity contribution in [1.82, 2.24) is 25.2 Å². The van der Waals surface area contributed by atoms with Crippen LogP contribution in [-0.4, -0.2) is 64.7 Å². The number of ether oxygens (including phenoxy) is 1. The third-order valence-electron chi connectivity index (χ3n) is 4.37. The largest absolute Gasteiger partial charge is 0.377 e. The van der Waals surface area contributed by atoms with Gasteiger partial charge in [0.2, 0.25) is 0 Å². The maximum atomic E-state index is 12.6. The lowest BCUT2D eigenvalue weighted by atomic mass is 10.1. The predicted molar refractivity (Wildman–Crippen MR) is 77.1 cm³/mol. The predicted octanol–water partition coefficient (Wildman–Crippen LogP) is 0.454. The first kappa shape index (κ1) is 14.5. The van der Waals surface area contributed by atoms with Crippen molar-refractivity contribution >= 4 is 5.91 Å². The summed E-state index contributed by atoms with van der Waals surface area (Å²) in [7, 11) is 0. The molecule has 7 heteroatoms. The molecular weight excluding hydrogens is 270 g/mol. The Morgan fingerprint density at radius 3 is 3.05 bits per heavy atom. The molecule has 1 N–H and O–H groups in total. The summed E-state index contributed by atoms with van der Waals surface area (Å²) in [6.45, 7) is 5.92. The molecule has 3 rings (SSSR count). The summed E-state index contributed by atoms with van der Waals surface area (Å²) in [6, 6.07) is 0.502. The van der Waals surface area contributed by atoms with Gasteiger partial charge in [-0.2, -0.15) is 0 Å². The number of nitrogens with zero attached hydrogens (tertiary/aromatic N) is 4. The van der Waals surface area contributed by atoms with Gasteiger partial charge in [0.05, 0.1) is 31.5 Å². The molecular formula is C14H23N5O2. The van der Waals surface area contributed by atoms with Crippen molar-refractivity contribution < 1.29 is 9.53 Å². The number of morpholine rings is 1. The summed E-state index contributed by atoms with van der Waals surface area (Å²) < 4.78 is 7.30. The number of carbonyl (C=O) groups excluding carboxylic acids is 1. The van der Waals surface area contributed by atoms with Crippen LogP contribution < -0.4 is 5.32 Å². The first-order chi connectivity index (χ1) is 10.3. The van der Waals surface area contributed by atoms with Crippen LogP contribution in [-0.2, 0) is 4.74 Å². The van der Waals surface area contributed by atoms with Crippen LogP contribution in [0, 0.1) is 0 Å². The third-order valence-corrected chi connectivity index (χ3v) is 4.37. The fourth-order valence-corrected chi connectivity index (χ4v) is 3.03. The third kappa shape index (κ3) is 3.08. The van der Waals surface area contributed by atoms with Crippen molar-refractivity contribution in [2.24, 2.45) is 0 Å². The molecule has 2 saturated heterocycles. The standard InChI is InChI=1S/C14H23N5O2/c1-2-11-10-21-8-7-18(11)14(20)13-9-19(17-16-13)12-3-5-15-6-4-12/h9,11-12,15H,2-8,10H2,1H3. The van der Waals surface area contributed by atoms with E-state index >= 15 is 0 Å². The van der Waals surface area contributed by atoms with E-state index in [1.165, 1.54) is 0 Å². The van der Waals surface area contributed by atoms with Crippen molar-refractivity contribution in [3.63, 3.8) is 0 Å². The fraction of sp³-hybridized carbons (Fsp3) is 0.786. The van der Waals surface area contributed by atoms with E-state index in [1.807, 2.05) is 9.58 Å². The minimum atomic E-state index is -0.0228. The van der Waals surface area contributed by atoms with Gasteiger partial charge in [-0.05, 0) is 32.4 Å². The summed E-state index contributed by atoms with van der Waals surface area (Å²) in [6.07, 6.45) is 4.77. The maximum absolute atomic E-state index is 12.6. The van der Waals surface area contributed by atoms with Gasteiger partial charge in [-0.25, -0.2) is 4.68 Å². The van der Waals surface area contributed by atoms with Gasteiger partial charge in [0.1, 0.15) is 0 Å². The summed E-state index contributed by atoms with van der Waals surface area (Å²) >= 11 is 0. The van der Waals surface area contributed by atoms with Crippen molar-refractivity contribution in [1.29, 1.82) is 0 Å². The van der Waals surface area contributed by atoms with Crippen molar-refractivity contribution in [2.75, 3.05) is 32.8 Å². The molecule has 3 heterocycles. The van der Waals surface area contributed by atoms with Crippen LogP contribution in [0.1, 0.15) is 42.7 Å². The summed E-state index contributed by atoms with van der Waals surface area (Å²) in [5, 5.41) is 11.6. The van der Waals surface area contributed by atoms with Crippen LogP contribution in [0.4, 0.5) is 0 Å². The van der Waals surface area contributed by atoms with Crippen molar-refractivity contribution in [3.8, 4) is 0 Å². The van der Waals surface area contributed by atoms with Crippen LogP contribution in [0.25, 0.3) is 0 Å². The molecule has 2 aliphatic heterocycles. The zero-order valence-electron chi connectivity index (χ0n) is 12.5. The number of carbonyl (C=O) groups is 1. The minimum absolute atomic E-state index is 0.0228. The van der Waals surface area contributed by atoms with E-state index in [1.54, 1.807) is 6.20 Å². The Morgan fingerprint density at radius 1 is 1.48 bits per heavy atom. The fourth-order valence-electron chi connectivity index (χ4n) is 3.03. The Hall–Kier alpha value is -1.47. The smallest absolute Gasteiger partial charge is 0.276 e. The first-order valence-corrected chi connectivity index (χ1v) is 7.81.